The number of hydrogen-bond donors (Lipinski definition) is 0. The fourth-order valence-corrected chi connectivity index (χ4v) is 10.0. The van der Waals surface area contributed by atoms with Crippen molar-refractivity contribution >= 4 is 68.2 Å². The summed E-state index contributed by atoms with van der Waals surface area (Å²) in [5, 5.41) is 0. The number of rotatable bonds is 8. The summed E-state index contributed by atoms with van der Waals surface area (Å²) < 4.78 is 16.9. The summed E-state index contributed by atoms with van der Waals surface area (Å²) in [6.45, 7) is 0. The Morgan fingerprint density at radius 1 is 0.513 bits per heavy atom. The Morgan fingerprint density at radius 2 is 0.872 bits per heavy atom. The molecule has 2 bridgehead atoms. The van der Waals surface area contributed by atoms with E-state index in [-0.39, 0.29) is 23.8 Å². The van der Waals surface area contributed by atoms with Crippen LogP contribution >= 0.6 is 0 Å². The molecule has 0 aliphatic heterocycles. The van der Waals surface area contributed by atoms with Crippen LogP contribution in [0.5, 0.6) is 11.5 Å². The van der Waals surface area contributed by atoms with Gasteiger partial charge in [0.15, 0.2) is 0 Å². The van der Waals surface area contributed by atoms with Crippen molar-refractivity contribution in [3.05, 3.63) is 121 Å². The third-order valence-corrected chi connectivity index (χ3v) is 12.8. The van der Waals surface area contributed by atoms with Gasteiger partial charge in [0.1, 0.15) is 0 Å². The number of esters is 2. The summed E-state index contributed by atoms with van der Waals surface area (Å²) in [7, 11) is 0. The van der Waals surface area contributed by atoms with E-state index in [1.165, 1.54) is 14.4 Å². The van der Waals surface area contributed by atoms with Crippen molar-refractivity contribution < 1.29 is 19.1 Å². The molecule has 0 spiro atoms. The fraction of sp³-hybridized carbons (Fsp3) is 0.152. The Balaban J connectivity index is 1.09. The first-order valence-electron chi connectivity index (χ1n) is 12.9. The van der Waals surface area contributed by atoms with Crippen LogP contribution < -0.4 is 23.9 Å². The molecule has 4 aromatic rings. The molecule has 0 radical (unpaired) electrons. The molecule has 0 aromatic heterocycles. The molecule has 194 valence electrons. The van der Waals surface area contributed by atoms with Crippen LogP contribution in [0.25, 0.3) is 0 Å². The molecular formula is C33H26O4Te2. The molecule has 6 heteroatoms. The Hall–Kier alpha value is -2.86. The average molecular weight is 742 g/mol. The van der Waals surface area contributed by atoms with Gasteiger partial charge in [-0.05, 0) is 0 Å². The first-order chi connectivity index (χ1) is 19.1. The first-order valence-corrected chi connectivity index (χ1v) is 17.6. The molecule has 0 heterocycles. The summed E-state index contributed by atoms with van der Waals surface area (Å²) in [5.41, 5.74) is 0. The van der Waals surface area contributed by atoms with Crippen LogP contribution in [0, 0.1) is 23.7 Å². The zero-order valence-corrected chi connectivity index (χ0v) is 25.7. The van der Waals surface area contributed by atoms with E-state index in [4.69, 9.17) is 9.47 Å². The van der Waals surface area contributed by atoms with Gasteiger partial charge in [0, 0.05) is 0 Å². The third-order valence-electron chi connectivity index (χ3n) is 7.05. The summed E-state index contributed by atoms with van der Waals surface area (Å²) in [6, 6.07) is 36.5. The molecule has 2 aliphatic rings. The number of fused-ring (bicyclic) bond motifs is 2. The number of carbonyl (C=O) groups excluding carboxylic acids is 2. The second-order valence-corrected chi connectivity index (χ2v) is 16.2. The maximum absolute atomic E-state index is 13.3. The van der Waals surface area contributed by atoms with Crippen molar-refractivity contribution in [2.24, 2.45) is 23.7 Å². The van der Waals surface area contributed by atoms with Crippen LogP contribution in [0.2, 0.25) is 0 Å². The number of hydrogen-bond acceptors (Lipinski definition) is 4. The van der Waals surface area contributed by atoms with Crippen molar-refractivity contribution in [1.82, 2.24) is 0 Å². The molecule has 4 unspecified atom stereocenters. The van der Waals surface area contributed by atoms with Crippen LogP contribution in [0.3, 0.4) is 0 Å². The normalized spacial score (nSPS) is 21.0. The van der Waals surface area contributed by atoms with E-state index in [1.54, 1.807) is 0 Å². The molecule has 39 heavy (non-hydrogen) atoms. The van der Waals surface area contributed by atoms with Crippen LogP contribution in [-0.2, 0) is 9.59 Å². The number of carbonyl (C=O) groups is 2. The van der Waals surface area contributed by atoms with Gasteiger partial charge in [-0.1, -0.05) is 0 Å². The van der Waals surface area contributed by atoms with E-state index in [2.05, 4.69) is 60.7 Å². The summed E-state index contributed by atoms with van der Waals surface area (Å²) >= 11 is -0.968. The molecule has 6 rings (SSSR count). The van der Waals surface area contributed by atoms with Crippen molar-refractivity contribution in [2.75, 3.05) is 0 Å². The molecule has 0 amide bonds. The van der Waals surface area contributed by atoms with Gasteiger partial charge < -0.3 is 0 Å². The predicted octanol–water partition coefficient (Wildman–Crippen LogP) is 2.95. The maximum atomic E-state index is 13.3. The molecule has 1 saturated carbocycles. The summed E-state index contributed by atoms with van der Waals surface area (Å²) in [4.78, 5) is 26.6. The van der Waals surface area contributed by atoms with Crippen LogP contribution in [0.15, 0.2) is 121 Å². The van der Waals surface area contributed by atoms with Crippen molar-refractivity contribution in [1.29, 1.82) is 0 Å². The van der Waals surface area contributed by atoms with E-state index >= 15 is 0 Å². The Morgan fingerprint density at radius 3 is 1.26 bits per heavy atom. The van der Waals surface area contributed by atoms with Gasteiger partial charge in [0.05, 0.1) is 0 Å². The molecule has 0 saturated heterocycles. The Kier molecular flexibility index (Phi) is 8.19. The summed E-state index contributed by atoms with van der Waals surface area (Å²) in [6.07, 6.45) is 4.89. The molecular weight excluding hydrogens is 716 g/mol. The zero-order valence-electron chi connectivity index (χ0n) is 21.0. The fourth-order valence-electron chi connectivity index (χ4n) is 5.23. The molecule has 2 aliphatic carbocycles. The minimum absolute atomic E-state index is 0.00296. The van der Waals surface area contributed by atoms with Gasteiger partial charge in [0.2, 0.25) is 0 Å². The topological polar surface area (TPSA) is 52.6 Å². The Labute approximate surface area is 248 Å². The minimum atomic E-state index is -0.533. The number of ether oxygens (including phenoxy) is 2. The van der Waals surface area contributed by atoms with Gasteiger partial charge in [-0.2, -0.15) is 0 Å². The first kappa shape index (κ1) is 26.4. The van der Waals surface area contributed by atoms with Gasteiger partial charge in [-0.3, -0.25) is 0 Å². The standard InChI is InChI=1S/C33H26O4Te2/c34-32(36-24-13-17-28(18-14-24)38-26-7-3-1-4-8-26)30-22-11-12-23(21-22)31(30)33(35)37-25-15-19-29(20-16-25)39-27-9-5-2-6-10-27/h1-20,22-23,30-31H,21H2. The quantitative estimate of drug-likeness (QED) is 0.121. The monoisotopic (exact) mass is 746 g/mol. The van der Waals surface area contributed by atoms with Crippen LogP contribution in [0.1, 0.15) is 6.42 Å². The average Bonchev–Trinajstić information content (AvgIpc) is 3.59. The van der Waals surface area contributed by atoms with Gasteiger partial charge in [0.25, 0.3) is 0 Å². The van der Waals surface area contributed by atoms with Crippen molar-refractivity contribution in [3.8, 4) is 11.5 Å². The SMILES string of the molecule is O=C(Oc1ccc([Te]c2ccccc2)cc1)C1C2C=CC(C2)C1C(=O)Oc1ccc([Te]c2ccccc2)cc1. The van der Waals surface area contributed by atoms with Gasteiger partial charge in [-0.25, -0.2) is 0 Å². The molecule has 4 atom stereocenters. The number of allylic oxidation sites excluding steroid dienone is 2. The van der Waals surface area contributed by atoms with E-state index in [0.717, 1.165) is 6.42 Å². The number of benzene rings is 4. The van der Waals surface area contributed by atoms with E-state index in [1.807, 2.05) is 60.7 Å². The van der Waals surface area contributed by atoms with Crippen molar-refractivity contribution in [3.63, 3.8) is 0 Å². The van der Waals surface area contributed by atoms with E-state index in [9.17, 15) is 9.59 Å². The summed E-state index contributed by atoms with van der Waals surface area (Å²) in [5.74, 6) is -0.743. The molecule has 0 N–H and O–H groups in total. The zero-order chi connectivity index (χ0) is 26.6. The van der Waals surface area contributed by atoms with Crippen LogP contribution in [-0.4, -0.2) is 53.8 Å². The second kappa shape index (κ2) is 12.1. The van der Waals surface area contributed by atoms with Crippen molar-refractivity contribution in [2.45, 2.75) is 6.42 Å². The van der Waals surface area contributed by atoms with E-state index < -0.39 is 53.7 Å². The third kappa shape index (κ3) is 6.32. The second-order valence-electron chi connectivity index (χ2n) is 9.62. The van der Waals surface area contributed by atoms with Crippen LogP contribution in [0.4, 0.5) is 0 Å². The van der Waals surface area contributed by atoms with E-state index in [0.29, 0.717) is 11.5 Å². The molecule has 4 aromatic carbocycles. The van der Waals surface area contributed by atoms with Gasteiger partial charge >= 0.3 is 250 Å². The molecule has 4 nitrogen and oxygen atoms in total. The molecule has 1 fully saturated rings. The Bertz CT molecular complexity index is 1360. The predicted molar refractivity (Wildman–Crippen MR) is 155 cm³/mol. The van der Waals surface area contributed by atoms with Gasteiger partial charge in [-0.15, -0.1) is 0 Å².